The van der Waals surface area contributed by atoms with Gasteiger partial charge < -0.3 is 10.7 Å². The second-order valence-corrected chi connectivity index (χ2v) is 4.74. The standard InChI is InChI=1S/C13H17N3S/c1-17-11-6-4-10(5-7-11)12-9-15-13(16-12)3-2-8-14/h4-7,9H,2-3,8,14H2,1H3,(H,15,16). The van der Waals surface area contributed by atoms with Gasteiger partial charge in [0, 0.05) is 11.3 Å². The van der Waals surface area contributed by atoms with Gasteiger partial charge in [0.1, 0.15) is 5.82 Å². The average Bonchev–Trinajstić information content (AvgIpc) is 2.85. The summed E-state index contributed by atoms with van der Waals surface area (Å²) in [5, 5.41) is 0. The summed E-state index contributed by atoms with van der Waals surface area (Å²) in [7, 11) is 0. The summed E-state index contributed by atoms with van der Waals surface area (Å²) in [6.45, 7) is 0.707. The third-order valence-electron chi connectivity index (χ3n) is 2.65. The van der Waals surface area contributed by atoms with E-state index in [1.165, 1.54) is 10.5 Å². The molecule has 0 aliphatic heterocycles. The molecular weight excluding hydrogens is 230 g/mol. The number of aryl methyl sites for hydroxylation is 1. The van der Waals surface area contributed by atoms with Crippen molar-refractivity contribution in [1.29, 1.82) is 0 Å². The Balaban J connectivity index is 2.12. The molecule has 1 heterocycles. The number of nitrogens with one attached hydrogen (secondary N) is 1. The fraction of sp³-hybridized carbons (Fsp3) is 0.308. The van der Waals surface area contributed by atoms with E-state index >= 15 is 0 Å². The van der Waals surface area contributed by atoms with Crippen molar-refractivity contribution < 1.29 is 0 Å². The Bertz CT molecular complexity index is 462. The lowest BCUT2D eigenvalue weighted by molar-refractivity contribution is 0.794. The number of benzene rings is 1. The van der Waals surface area contributed by atoms with Gasteiger partial charge in [0.15, 0.2) is 0 Å². The van der Waals surface area contributed by atoms with E-state index in [9.17, 15) is 0 Å². The number of nitrogens with two attached hydrogens (primary N) is 1. The van der Waals surface area contributed by atoms with Crippen molar-refractivity contribution in [2.24, 2.45) is 5.73 Å². The molecule has 0 saturated heterocycles. The number of hydrogen-bond donors (Lipinski definition) is 2. The van der Waals surface area contributed by atoms with Crippen LogP contribution in [0.4, 0.5) is 0 Å². The first-order valence-electron chi connectivity index (χ1n) is 5.72. The van der Waals surface area contributed by atoms with Crippen LogP contribution in [0, 0.1) is 0 Å². The largest absolute Gasteiger partial charge is 0.342 e. The molecule has 1 aromatic carbocycles. The lowest BCUT2D eigenvalue weighted by Crippen LogP contribution is -2.01. The predicted octanol–water partition coefficient (Wildman–Crippen LogP) is 2.69. The van der Waals surface area contributed by atoms with Gasteiger partial charge in [-0.15, -0.1) is 11.8 Å². The van der Waals surface area contributed by atoms with Crippen LogP contribution in [0.2, 0.25) is 0 Å². The number of hydrogen-bond acceptors (Lipinski definition) is 3. The minimum absolute atomic E-state index is 0.707. The minimum Gasteiger partial charge on any atom is -0.342 e. The maximum Gasteiger partial charge on any atom is 0.106 e. The Morgan fingerprint density at radius 3 is 2.71 bits per heavy atom. The van der Waals surface area contributed by atoms with Crippen LogP contribution in [0.25, 0.3) is 11.3 Å². The molecule has 2 rings (SSSR count). The van der Waals surface area contributed by atoms with E-state index in [1.54, 1.807) is 11.8 Å². The highest BCUT2D eigenvalue weighted by molar-refractivity contribution is 7.98. The van der Waals surface area contributed by atoms with Crippen molar-refractivity contribution in [3.63, 3.8) is 0 Å². The summed E-state index contributed by atoms with van der Waals surface area (Å²) in [6, 6.07) is 8.49. The van der Waals surface area contributed by atoms with Crippen molar-refractivity contribution in [1.82, 2.24) is 9.97 Å². The molecule has 0 atom stereocenters. The fourth-order valence-corrected chi connectivity index (χ4v) is 2.08. The topological polar surface area (TPSA) is 54.7 Å². The maximum atomic E-state index is 5.48. The highest BCUT2D eigenvalue weighted by Gasteiger charge is 2.02. The zero-order chi connectivity index (χ0) is 12.1. The summed E-state index contributed by atoms with van der Waals surface area (Å²) < 4.78 is 0. The summed E-state index contributed by atoms with van der Waals surface area (Å²) in [6.07, 6.45) is 5.85. The van der Waals surface area contributed by atoms with Crippen molar-refractivity contribution >= 4 is 11.8 Å². The smallest absolute Gasteiger partial charge is 0.106 e. The van der Waals surface area contributed by atoms with E-state index in [0.717, 1.165) is 24.4 Å². The van der Waals surface area contributed by atoms with Crippen LogP contribution in [0.15, 0.2) is 35.4 Å². The van der Waals surface area contributed by atoms with Gasteiger partial charge in [-0.3, -0.25) is 0 Å². The molecule has 0 aliphatic carbocycles. The Kier molecular flexibility index (Phi) is 4.23. The van der Waals surface area contributed by atoms with Crippen molar-refractivity contribution in [2.75, 3.05) is 12.8 Å². The average molecular weight is 247 g/mol. The Morgan fingerprint density at radius 2 is 2.06 bits per heavy atom. The molecule has 0 fully saturated rings. The summed E-state index contributed by atoms with van der Waals surface area (Å²) >= 11 is 1.75. The molecule has 0 aliphatic rings. The zero-order valence-electron chi connectivity index (χ0n) is 9.94. The highest BCUT2D eigenvalue weighted by atomic mass is 32.2. The number of nitrogens with zero attached hydrogens (tertiary/aromatic N) is 1. The zero-order valence-corrected chi connectivity index (χ0v) is 10.8. The van der Waals surface area contributed by atoms with Gasteiger partial charge in [0.05, 0.1) is 11.9 Å². The molecule has 0 bridgehead atoms. The summed E-state index contributed by atoms with van der Waals surface area (Å²) in [5.41, 5.74) is 7.73. The molecule has 0 saturated carbocycles. The molecule has 90 valence electrons. The Morgan fingerprint density at radius 1 is 1.29 bits per heavy atom. The van der Waals surface area contributed by atoms with E-state index in [0.29, 0.717) is 6.54 Å². The second-order valence-electron chi connectivity index (χ2n) is 3.86. The van der Waals surface area contributed by atoms with Gasteiger partial charge >= 0.3 is 0 Å². The van der Waals surface area contributed by atoms with Crippen molar-refractivity contribution in [3.8, 4) is 11.3 Å². The lowest BCUT2D eigenvalue weighted by Gasteiger charge is -1.99. The van der Waals surface area contributed by atoms with Crippen LogP contribution in [0.1, 0.15) is 12.2 Å². The third kappa shape index (κ3) is 3.11. The molecule has 4 heteroatoms. The lowest BCUT2D eigenvalue weighted by atomic mass is 10.2. The number of aromatic nitrogens is 2. The van der Waals surface area contributed by atoms with Crippen LogP contribution in [0.3, 0.4) is 0 Å². The molecule has 2 aromatic rings. The SMILES string of the molecule is CSc1ccc(-c2cnc(CCCN)[nH]2)cc1. The van der Waals surface area contributed by atoms with E-state index in [1.807, 2.05) is 6.20 Å². The second kappa shape index (κ2) is 5.89. The molecule has 0 unspecified atom stereocenters. The van der Waals surface area contributed by atoms with E-state index in [4.69, 9.17) is 5.73 Å². The molecule has 0 amide bonds. The third-order valence-corrected chi connectivity index (χ3v) is 3.39. The first-order valence-corrected chi connectivity index (χ1v) is 6.94. The quantitative estimate of drug-likeness (QED) is 0.799. The molecule has 0 radical (unpaired) electrons. The van der Waals surface area contributed by atoms with Gasteiger partial charge in [-0.25, -0.2) is 4.98 Å². The van der Waals surface area contributed by atoms with Crippen LogP contribution < -0.4 is 5.73 Å². The van der Waals surface area contributed by atoms with Crippen LogP contribution in [-0.2, 0) is 6.42 Å². The Hall–Kier alpha value is -1.26. The van der Waals surface area contributed by atoms with Gasteiger partial charge in [-0.2, -0.15) is 0 Å². The van der Waals surface area contributed by atoms with Crippen LogP contribution in [0.5, 0.6) is 0 Å². The first kappa shape index (κ1) is 12.2. The predicted molar refractivity (Wildman–Crippen MR) is 73.2 cm³/mol. The number of H-pyrrole nitrogens is 1. The number of imidazole rings is 1. The molecule has 1 aromatic heterocycles. The number of rotatable bonds is 5. The molecule has 3 N–H and O–H groups in total. The van der Waals surface area contributed by atoms with Crippen molar-refractivity contribution in [3.05, 3.63) is 36.3 Å². The molecular formula is C13H17N3S. The van der Waals surface area contributed by atoms with Gasteiger partial charge in [-0.1, -0.05) is 12.1 Å². The van der Waals surface area contributed by atoms with Gasteiger partial charge in [0.2, 0.25) is 0 Å². The van der Waals surface area contributed by atoms with Gasteiger partial charge in [0.25, 0.3) is 0 Å². The molecule has 3 nitrogen and oxygen atoms in total. The number of thioether (sulfide) groups is 1. The summed E-state index contributed by atoms with van der Waals surface area (Å²) in [5.74, 6) is 1.01. The van der Waals surface area contributed by atoms with Gasteiger partial charge in [-0.05, 0) is 36.9 Å². The Labute approximate surface area is 106 Å². The summed E-state index contributed by atoms with van der Waals surface area (Å²) in [4.78, 5) is 8.96. The monoisotopic (exact) mass is 247 g/mol. The van der Waals surface area contributed by atoms with Crippen LogP contribution >= 0.6 is 11.8 Å². The highest BCUT2D eigenvalue weighted by Crippen LogP contribution is 2.21. The number of aromatic amines is 1. The van der Waals surface area contributed by atoms with E-state index in [2.05, 4.69) is 40.5 Å². The fourth-order valence-electron chi connectivity index (χ4n) is 1.68. The van der Waals surface area contributed by atoms with E-state index in [-0.39, 0.29) is 0 Å². The van der Waals surface area contributed by atoms with Crippen molar-refractivity contribution in [2.45, 2.75) is 17.7 Å². The van der Waals surface area contributed by atoms with Crippen LogP contribution in [-0.4, -0.2) is 22.8 Å². The minimum atomic E-state index is 0.707. The first-order chi connectivity index (χ1) is 8.33. The maximum absolute atomic E-state index is 5.48. The molecule has 17 heavy (non-hydrogen) atoms. The molecule has 0 spiro atoms. The normalized spacial score (nSPS) is 10.7. The van der Waals surface area contributed by atoms with E-state index < -0.39 is 0 Å².